The Bertz CT molecular complexity index is 506. The second-order valence-electron chi connectivity index (χ2n) is 4.92. The molecule has 0 aliphatic heterocycles. The molecule has 118 valence electrons. The van der Waals surface area contributed by atoms with Crippen molar-refractivity contribution in [3.8, 4) is 0 Å². The van der Waals surface area contributed by atoms with Gasteiger partial charge in [-0.05, 0) is 19.8 Å². The molecule has 8 heteroatoms. The summed E-state index contributed by atoms with van der Waals surface area (Å²) in [5.74, 6) is -4.97. The number of esters is 1. The Kier molecular flexibility index (Phi) is 4.53. The molecule has 0 bridgehead atoms. The molecule has 0 unspecified atom stereocenters. The first-order valence-electron chi connectivity index (χ1n) is 6.67. The monoisotopic (exact) mass is 309 g/mol. The lowest BCUT2D eigenvalue weighted by atomic mass is 9.87. The molecule has 1 aliphatic rings. The normalized spacial score (nSPS) is 19.0. The number of hydrogen-bond acceptors (Lipinski definition) is 4. The molecule has 0 atom stereocenters. The summed E-state index contributed by atoms with van der Waals surface area (Å²) in [5, 5.41) is 0. The number of hydrogen-bond donors (Lipinski definition) is 0. The maximum absolute atomic E-state index is 13.1. The van der Waals surface area contributed by atoms with Crippen LogP contribution in [-0.4, -0.2) is 23.5 Å². The van der Waals surface area contributed by atoms with Crippen molar-refractivity contribution in [3.05, 3.63) is 17.3 Å². The van der Waals surface area contributed by atoms with E-state index in [9.17, 15) is 22.4 Å². The fourth-order valence-electron chi connectivity index (χ4n) is 2.30. The molecule has 21 heavy (non-hydrogen) atoms. The summed E-state index contributed by atoms with van der Waals surface area (Å²) in [6.07, 6.45) is -3.53. The first-order valence-corrected chi connectivity index (χ1v) is 6.67. The van der Waals surface area contributed by atoms with Crippen LogP contribution in [0.15, 0.2) is 4.42 Å². The summed E-state index contributed by atoms with van der Waals surface area (Å²) in [6.45, 7) is 1.54. The zero-order valence-electron chi connectivity index (χ0n) is 11.4. The third kappa shape index (κ3) is 3.54. The summed E-state index contributed by atoms with van der Waals surface area (Å²) in [7, 11) is 0. The van der Waals surface area contributed by atoms with Gasteiger partial charge >= 0.3 is 5.97 Å². The Labute approximate surface area is 118 Å². The van der Waals surface area contributed by atoms with Gasteiger partial charge in [0, 0.05) is 18.8 Å². The highest BCUT2D eigenvalue weighted by Crippen LogP contribution is 2.41. The Morgan fingerprint density at radius 2 is 2.05 bits per heavy atom. The van der Waals surface area contributed by atoms with E-state index in [1.807, 2.05) is 0 Å². The Morgan fingerprint density at radius 3 is 2.57 bits per heavy atom. The number of alkyl halides is 4. The molecule has 1 heterocycles. The molecule has 0 spiro atoms. The van der Waals surface area contributed by atoms with Gasteiger partial charge in [0.2, 0.25) is 11.7 Å². The molecule has 0 radical (unpaired) electrons. The standard InChI is InChI=1S/C13H15F4NO3/c1-2-20-12(19)9-8(10(14)15)18-11(21-9)7-3-5-13(16,17)6-4-7/h7,10H,2-6H2,1H3. The third-order valence-corrected chi connectivity index (χ3v) is 3.40. The summed E-state index contributed by atoms with van der Waals surface area (Å²) in [4.78, 5) is 15.2. The van der Waals surface area contributed by atoms with Gasteiger partial charge in [-0.2, -0.15) is 0 Å². The lowest BCUT2D eigenvalue weighted by molar-refractivity contribution is -0.0400. The highest BCUT2D eigenvalue weighted by Gasteiger charge is 2.38. The van der Waals surface area contributed by atoms with Gasteiger partial charge in [-0.3, -0.25) is 0 Å². The second kappa shape index (κ2) is 6.03. The number of ether oxygens (including phenoxy) is 1. The van der Waals surface area contributed by atoms with Crippen molar-refractivity contribution in [1.82, 2.24) is 4.98 Å². The molecule has 2 rings (SSSR count). The van der Waals surface area contributed by atoms with Crippen molar-refractivity contribution in [2.75, 3.05) is 6.61 Å². The molecule has 1 aromatic heterocycles. The maximum Gasteiger partial charge on any atom is 0.376 e. The lowest BCUT2D eigenvalue weighted by Crippen LogP contribution is -2.23. The molecule has 1 saturated carbocycles. The Morgan fingerprint density at radius 1 is 1.43 bits per heavy atom. The molecule has 1 aliphatic carbocycles. The fourth-order valence-corrected chi connectivity index (χ4v) is 2.30. The fraction of sp³-hybridized carbons (Fsp3) is 0.692. The Hall–Kier alpha value is -1.60. The Balaban J connectivity index is 2.22. The number of carbonyl (C=O) groups is 1. The average molecular weight is 309 g/mol. The van der Waals surface area contributed by atoms with Gasteiger partial charge in [-0.1, -0.05) is 0 Å². The van der Waals surface area contributed by atoms with Crippen molar-refractivity contribution in [2.24, 2.45) is 0 Å². The van der Waals surface area contributed by atoms with Crippen molar-refractivity contribution in [1.29, 1.82) is 0 Å². The van der Waals surface area contributed by atoms with E-state index in [-0.39, 0.29) is 38.2 Å². The van der Waals surface area contributed by atoms with E-state index >= 15 is 0 Å². The largest absolute Gasteiger partial charge is 0.460 e. The summed E-state index contributed by atoms with van der Waals surface area (Å²) in [5.41, 5.74) is -0.791. The van der Waals surface area contributed by atoms with Crippen LogP contribution in [0.5, 0.6) is 0 Å². The maximum atomic E-state index is 13.1. The molecule has 1 aromatic rings. The number of halogens is 4. The summed E-state index contributed by atoms with van der Waals surface area (Å²) in [6, 6.07) is 0. The van der Waals surface area contributed by atoms with E-state index in [1.165, 1.54) is 6.92 Å². The summed E-state index contributed by atoms with van der Waals surface area (Å²) >= 11 is 0. The van der Waals surface area contributed by atoms with Crippen LogP contribution in [0, 0.1) is 0 Å². The van der Waals surface area contributed by atoms with Crippen LogP contribution in [0.4, 0.5) is 17.6 Å². The van der Waals surface area contributed by atoms with Gasteiger partial charge < -0.3 is 9.15 Å². The van der Waals surface area contributed by atoms with Gasteiger partial charge in [0.15, 0.2) is 11.6 Å². The number of nitrogens with zero attached hydrogens (tertiary/aromatic N) is 1. The minimum atomic E-state index is -2.99. The zero-order chi connectivity index (χ0) is 15.6. The van der Waals surface area contributed by atoms with Gasteiger partial charge in [0.25, 0.3) is 6.43 Å². The van der Waals surface area contributed by atoms with E-state index < -0.39 is 35.7 Å². The van der Waals surface area contributed by atoms with E-state index in [2.05, 4.69) is 9.72 Å². The molecular weight excluding hydrogens is 294 g/mol. The van der Waals surface area contributed by atoms with Gasteiger partial charge in [0.1, 0.15) is 0 Å². The molecule has 0 aromatic carbocycles. The van der Waals surface area contributed by atoms with Gasteiger partial charge in [-0.15, -0.1) is 0 Å². The van der Waals surface area contributed by atoms with Crippen LogP contribution >= 0.6 is 0 Å². The van der Waals surface area contributed by atoms with Crippen LogP contribution in [-0.2, 0) is 4.74 Å². The zero-order valence-corrected chi connectivity index (χ0v) is 11.4. The van der Waals surface area contributed by atoms with E-state index in [4.69, 9.17) is 4.42 Å². The molecule has 0 saturated heterocycles. The van der Waals surface area contributed by atoms with Gasteiger partial charge in [0.05, 0.1) is 6.61 Å². The smallest absolute Gasteiger partial charge is 0.376 e. The highest BCUT2D eigenvalue weighted by molar-refractivity contribution is 5.87. The van der Waals surface area contributed by atoms with Crippen LogP contribution < -0.4 is 0 Å². The summed E-state index contributed by atoms with van der Waals surface area (Å²) < 4.78 is 61.7. The predicted octanol–water partition coefficient (Wildman–Crippen LogP) is 4.08. The molecule has 0 amide bonds. The average Bonchev–Trinajstić information content (AvgIpc) is 2.84. The second-order valence-corrected chi connectivity index (χ2v) is 4.92. The number of oxazole rings is 1. The predicted molar refractivity (Wildman–Crippen MR) is 63.6 cm³/mol. The van der Waals surface area contributed by atoms with E-state index in [0.717, 1.165) is 0 Å². The quantitative estimate of drug-likeness (QED) is 0.621. The number of aromatic nitrogens is 1. The minimum Gasteiger partial charge on any atom is -0.460 e. The first-order chi connectivity index (χ1) is 9.84. The van der Waals surface area contributed by atoms with E-state index in [1.54, 1.807) is 0 Å². The highest BCUT2D eigenvalue weighted by atomic mass is 19.3. The van der Waals surface area contributed by atoms with Crippen LogP contribution in [0.1, 0.15) is 67.1 Å². The van der Waals surface area contributed by atoms with Crippen LogP contribution in [0.2, 0.25) is 0 Å². The molecular formula is C13H15F4NO3. The van der Waals surface area contributed by atoms with Crippen molar-refractivity contribution in [2.45, 2.75) is 50.9 Å². The molecule has 4 nitrogen and oxygen atoms in total. The van der Waals surface area contributed by atoms with Crippen LogP contribution in [0.25, 0.3) is 0 Å². The first kappa shape index (κ1) is 15.8. The van der Waals surface area contributed by atoms with Crippen LogP contribution in [0.3, 0.4) is 0 Å². The number of rotatable bonds is 4. The lowest BCUT2D eigenvalue weighted by Gasteiger charge is -2.26. The third-order valence-electron chi connectivity index (χ3n) is 3.40. The molecule has 1 fully saturated rings. The molecule has 0 N–H and O–H groups in total. The number of carbonyl (C=O) groups excluding carboxylic acids is 1. The topological polar surface area (TPSA) is 52.3 Å². The van der Waals surface area contributed by atoms with Gasteiger partial charge in [-0.25, -0.2) is 27.3 Å². The van der Waals surface area contributed by atoms with Crippen molar-refractivity contribution >= 4 is 5.97 Å². The van der Waals surface area contributed by atoms with Crippen molar-refractivity contribution in [3.63, 3.8) is 0 Å². The van der Waals surface area contributed by atoms with E-state index in [0.29, 0.717) is 0 Å². The SMILES string of the molecule is CCOC(=O)c1oc(C2CCC(F)(F)CC2)nc1C(F)F. The van der Waals surface area contributed by atoms with Crippen molar-refractivity contribution < 1.29 is 31.5 Å². The minimum absolute atomic E-state index is 0.00714.